The maximum absolute atomic E-state index is 15.8. The lowest BCUT2D eigenvalue weighted by atomic mass is 9.91. The van der Waals surface area contributed by atoms with Gasteiger partial charge >= 0.3 is 0 Å². The average Bonchev–Trinajstić information content (AvgIpc) is 1.97. The summed E-state index contributed by atoms with van der Waals surface area (Å²) in [6.07, 6.45) is -3.05. The summed E-state index contributed by atoms with van der Waals surface area (Å²) in [5.41, 5.74) is 6.62. The Morgan fingerprint density at radius 2 is 1.38 bits per heavy atom. The second-order valence-electron chi connectivity index (χ2n) is 25.4. The Kier molecular flexibility index (Phi) is 30.9. The maximum atomic E-state index is 15.8. The highest BCUT2D eigenvalue weighted by Gasteiger charge is 2.52. The van der Waals surface area contributed by atoms with Gasteiger partial charge in [0.1, 0.15) is 60.4 Å². The van der Waals surface area contributed by atoms with Gasteiger partial charge in [0.05, 0.1) is 37.6 Å². The lowest BCUT2D eigenvalue weighted by Crippen LogP contribution is -2.65. The zero-order valence-corrected chi connectivity index (χ0v) is 55.3. The maximum Gasteiger partial charge on any atom is 0.249 e. The third kappa shape index (κ3) is 20.2. The summed E-state index contributed by atoms with van der Waals surface area (Å²) >= 11 is 0. The Bertz CT molecular complexity index is 2370. The molecule has 4 rings (SSSR count). The lowest BCUT2D eigenvalue weighted by Gasteiger charge is -2.42. The molecule has 25 nitrogen and oxygen atoms in total. The smallest absolute Gasteiger partial charge is 0.249 e. The topological polar surface area (TPSA) is 319 Å². The monoisotopic (exact) mass is 1250 g/mol. The minimum Gasteiger partial charge on any atom is -0.497 e. The van der Waals surface area contributed by atoms with Gasteiger partial charge in [-0.15, -0.1) is 0 Å². The summed E-state index contributed by atoms with van der Waals surface area (Å²) in [6.45, 7) is 11.2. The Balaban J connectivity index is 1.92. The van der Waals surface area contributed by atoms with E-state index in [9.17, 15) is 25.2 Å². The van der Waals surface area contributed by atoms with E-state index >= 15 is 28.8 Å². The third-order valence-electron chi connectivity index (χ3n) is 18.3. The molecule has 25 heteroatoms. The van der Waals surface area contributed by atoms with Crippen molar-refractivity contribution in [1.29, 1.82) is 0 Å². The van der Waals surface area contributed by atoms with E-state index < -0.39 is 146 Å². The SMILES string of the molecule is CCC(C)CC(C)CCCCCCCCC(=O)N[C@H]1C[C@@H](O)C(NCC(C)N)N(C)C(=O)[C@@H]2[C@@H](OC)CCN2C(=O)C([C@@H](CC(C)N(C)C)OC)N(C)C(=O)C([C@H](O)[C@@H](OC)c2ccc(OC)cc2)NC(=O)C2C[C@@H](O)CN2C(=O)C([C@@H](C)O)N(C)C1=O. The van der Waals surface area contributed by atoms with Gasteiger partial charge in [0.15, 0.2) is 0 Å². The van der Waals surface area contributed by atoms with Crippen LogP contribution in [-0.4, -0.2) is 266 Å². The number of methoxy groups -OCH3 is 4. The molecule has 1 aromatic rings. The molecule has 88 heavy (non-hydrogen) atoms. The lowest BCUT2D eigenvalue weighted by molar-refractivity contribution is -0.160. The van der Waals surface area contributed by atoms with Crippen LogP contribution in [0.2, 0.25) is 0 Å². The fraction of sp³-hybridized carbons (Fsp3) is 0.794. The highest BCUT2D eigenvalue weighted by molar-refractivity contribution is 5.98. The Morgan fingerprint density at radius 1 is 0.761 bits per heavy atom. The first-order chi connectivity index (χ1) is 41.6. The van der Waals surface area contributed by atoms with Crippen LogP contribution in [0.3, 0.4) is 0 Å². The molecule has 0 aliphatic carbocycles. The second kappa shape index (κ2) is 36.1. The van der Waals surface area contributed by atoms with E-state index in [4.69, 9.17) is 24.7 Å². The van der Waals surface area contributed by atoms with Crippen molar-refractivity contribution in [2.24, 2.45) is 17.6 Å². The first-order valence-corrected chi connectivity index (χ1v) is 31.7. The van der Waals surface area contributed by atoms with Crippen LogP contribution in [0.5, 0.6) is 5.75 Å². The Morgan fingerprint density at radius 3 is 1.94 bits per heavy atom. The van der Waals surface area contributed by atoms with Gasteiger partial charge < -0.3 is 85.1 Å². The number of fused-ring (bicyclic) bond motifs is 2. The van der Waals surface area contributed by atoms with E-state index in [-0.39, 0.29) is 44.8 Å². The highest BCUT2D eigenvalue weighted by atomic mass is 16.5. The van der Waals surface area contributed by atoms with Crippen LogP contribution in [-0.2, 0) is 47.8 Å². The van der Waals surface area contributed by atoms with E-state index in [1.54, 1.807) is 31.2 Å². The number of benzene rings is 1. The van der Waals surface area contributed by atoms with E-state index in [0.29, 0.717) is 29.6 Å². The molecule has 0 aromatic heterocycles. The normalized spacial score (nSPS) is 27.7. The van der Waals surface area contributed by atoms with Crippen LogP contribution in [0.1, 0.15) is 143 Å². The number of unbranched alkanes of at least 4 members (excludes halogenated alkanes) is 5. The molecule has 3 heterocycles. The number of ether oxygens (including phenoxy) is 4. The van der Waals surface area contributed by atoms with Gasteiger partial charge in [0.2, 0.25) is 41.4 Å². The molecule has 3 fully saturated rings. The van der Waals surface area contributed by atoms with Crippen LogP contribution in [0.25, 0.3) is 0 Å². The van der Waals surface area contributed by atoms with Gasteiger partial charge in [-0.1, -0.05) is 77.8 Å². The summed E-state index contributed by atoms with van der Waals surface area (Å²) < 4.78 is 23.3. The molecule has 9 unspecified atom stereocenters. The largest absolute Gasteiger partial charge is 0.497 e. The van der Waals surface area contributed by atoms with Crippen molar-refractivity contribution in [3.8, 4) is 5.75 Å². The van der Waals surface area contributed by atoms with Crippen molar-refractivity contribution < 1.29 is 72.9 Å². The zero-order valence-electron chi connectivity index (χ0n) is 55.3. The quantitative estimate of drug-likeness (QED) is 0.0549. The minimum atomic E-state index is -1.97. The molecular formula is C63H110N10O15. The van der Waals surface area contributed by atoms with Crippen LogP contribution < -0.4 is 26.4 Å². The third-order valence-corrected chi connectivity index (χ3v) is 18.3. The predicted octanol–water partition coefficient (Wildman–Crippen LogP) is 1.36. The number of hydrogen-bond acceptors (Lipinski definition) is 18. The number of aliphatic hydroxyl groups excluding tert-OH is 4. The molecule has 3 aliphatic heterocycles. The molecule has 1 aromatic carbocycles. The standard InChI is InChI=1S/C63H110N10O15/c1-16-37(2)31-38(3)23-21-19-17-18-20-22-24-50(77)66-45-34-47(76)57(65-35-39(4)64)71(11)61(82)54-48(86-13)29-30-72(54)63(84)53(49(87-14)32-40(5)68(7)8)70(10)60(81)51(55(78)56(88-15)42-25-27-44(85-12)28-26-42)67-58(79)46-33-43(75)36-73(46)62(83)52(41(6)74)69(9)59(45)80/h25-28,37-41,43,45-49,51-57,65,74-76,78H,16-24,29-36,64H2,1-15H3,(H,66,77)(H,67,79)/t37?,38?,39?,40?,41-,43-,45+,46?,47-,48+,49-,51?,52?,53?,54+,55+,56+,57?/m1/s1. The van der Waals surface area contributed by atoms with Gasteiger partial charge in [-0.2, -0.15) is 0 Å². The Labute approximate surface area is 523 Å². The number of carbonyl (C=O) groups excluding carboxylic acids is 7. The van der Waals surface area contributed by atoms with Crippen molar-refractivity contribution in [3.63, 3.8) is 0 Å². The summed E-state index contributed by atoms with van der Waals surface area (Å²) in [5, 5.41) is 56.5. The molecule has 0 spiro atoms. The molecule has 3 aliphatic rings. The van der Waals surface area contributed by atoms with Gasteiger partial charge in [0, 0.05) is 93.5 Å². The van der Waals surface area contributed by atoms with Crippen molar-refractivity contribution in [2.75, 3.05) is 83.3 Å². The first kappa shape index (κ1) is 75.4. The predicted molar refractivity (Wildman–Crippen MR) is 332 cm³/mol. The zero-order chi connectivity index (χ0) is 65.9. The molecule has 0 bridgehead atoms. The van der Waals surface area contributed by atoms with Gasteiger partial charge in [-0.05, 0) is 90.1 Å². The number of carbonyl (C=O) groups is 7. The Hall–Kier alpha value is -5.09. The van der Waals surface area contributed by atoms with Crippen LogP contribution in [0.4, 0.5) is 0 Å². The number of nitrogens with two attached hydrogens (primary N) is 1. The number of likely N-dealkylation sites (N-methyl/N-ethyl adjacent to an activating group) is 3. The van der Waals surface area contributed by atoms with Crippen molar-refractivity contribution in [2.45, 2.75) is 229 Å². The van der Waals surface area contributed by atoms with E-state index in [0.717, 1.165) is 53.2 Å². The molecule has 18 atom stereocenters. The van der Waals surface area contributed by atoms with Gasteiger partial charge in [0.25, 0.3) is 0 Å². The van der Waals surface area contributed by atoms with E-state index in [1.165, 1.54) is 79.1 Å². The molecule has 9 N–H and O–H groups in total. The fourth-order valence-electron chi connectivity index (χ4n) is 12.6. The number of nitrogens with one attached hydrogen (secondary N) is 3. The van der Waals surface area contributed by atoms with Crippen LogP contribution in [0.15, 0.2) is 24.3 Å². The number of hydrogen-bond donors (Lipinski definition) is 8. The van der Waals surface area contributed by atoms with E-state index in [2.05, 4.69) is 36.7 Å². The number of nitrogens with zero attached hydrogens (tertiary/aromatic N) is 6. The molecule has 502 valence electrons. The second-order valence-corrected chi connectivity index (χ2v) is 25.4. The molecular weight excluding hydrogens is 1140 g/mol. The van der Waals surface area contributed by atoms with Crippen molar-refractivity contribution in [3.05, 3.63) is 29.8 Å². The summed E-state index contributed by atoms with van der Waals surface area (Å²) in [7, 11) is 13.1. The highest BCUT2D eigenvalue weighted by Crippen LogP contribution is 2.32. The fourth-order valence-corrected chi connectivity index (χ4v) is 12.6. The summed E-state index contributed by atoms with van der Waals surface area (Å²) in [4.78, 5) is 114. The molecule has 0 radical (unpaired) electrons. The van der Waals surface area contributed by atoms with E-state index in [1.807, 2.05) is 25.9 Å². The molecule has 3 saturated heterocycles. The molecule has 0 saturated carbocycles. The van der Waals surface area contributed by atoms with Crippen LogP contribution in [0, 0.1) is 11.8 Å². The average molecular weight is 1250 g/mol. The van der Waals surface area contributed by atoms with Crippen molar-refractivity contribution >= 4 is 41.4 Å². The van der Waals surface area contributed by atoms with Crippen molar-refractivity contribution in [1.82, 2.24) is 45.3 Å². The minimum absolute atomic E-state index is 0.0169. The molecule has 7 amide bonds. The number of amides is 7. The number of rotatable bonds is 28. The van der Waals surface area contributed by atoms with Gasteiger partial charge in [-0.3, -0.25) is 38.9 Å². The van der Waals surface area contributed by atoms with Gasteiger partial charge in [-0.25, -0.2) is 0 Å². The number of aliphatic hydroxyl groups is 4. The van der Waals surface area contributed by atoms with Crippen LogP contribution >= 0.6 is 0 Å². The summed E-state index contributed by atoms with van der Waals surface area (Å²) in [5.74, 6) is -4.14. The summed E-state index contributed by atoms with van der Waals surface area (Å²) in [6, 6.07) is -4.27. The first-order valence-electron chi connectivity index (χ1n) is 31.7.